The first kappa shape index (κ1) is 17.8. The highest BCUT2D eigenvalue weighted by Crippen LogP contribution is 2.30. The summed E-state index contributed by atoms with van der Waals surface area (Å²) in [5, 5.41) is 4.93. The lowest BCUT2D eigenvalue weighted by Gasteiger charge is -2.19. The van der Waals surface area contributed by atoms with Crippen molar-refractivity contribution in [3.8, 4) is 17.0 Å². The van der Waals surface area contributed by atoms with Gasteiger partial charge in [0.15, 0.2) is 0 Å². The van der Waals surface area contributed by atoms with Crippen molar-refractivity contribution < 1.29 is 4.74 Å². The molecule has 0 aliphatic heterocycles. The molecule has 1 saturated carbocycles. The van der Waals surface area contributed by atoms with Gasteiger partial charge in [-0.3, -0.25) is 4.79 Å². The van der Waals surface area contributed by atoms with E-state index in [1.165, 1.54) is 19.2 Å². The Morgan fingerprint density at radius 3 is 2.72 bits per heavy atom. The molecule has 29 heavy (non-hydrogen) atoms. The van der Waals surface area contributed by atoms with E-state index in [-0.39, 0.29) is 11.6 Å². The zero-order chi connectivity index (χ0) is 19.8. The molecule has 0 saturated heterocycles. The normalized spacial score (nSPS) is 15.6. The van der Waals surface area contributed by atoms with E-state index in [4.69, 9.17) is 4.74 Å². The molecule has 0 unspecified atom stereocenters. The quantitative estimate of drug-likeness (QED) is 0.495. The molecular weight excluding hydrogens is 366 g/mol. The van der Waals surface area contributed by atoms with Gasteiger partial charge >= 0.3 is 0 Å². The molecule has 7 heteroatoms. The van der Waals surface area contributed by atoms with Crippen molar-refractivity contribution in [1.82, 2.24) is 24.1 Å². The third kappa shape index (κ3) is 3.06. The van der Waals surface area contributed by atoms with E-state index >= 15 is 0 Å². The minimum absolute atomic E-state index is 0.0166. The molecular formula is C22H23N5O2. The topological polar surface area (TPSA) is 74.3 Å². The Morgan fingerprint density at radius 1 is 1.10 bits per heavy atom. The highest BCUT2D eigenvalue weighted by atomic mass is 16.5. The number of ether oxygens (including phenoxy) is 1. The van der Waals surface area contributed by atoms with Gasteiger partial charge in [-0.15, -0.1) is 0 Å². The largest absolute Gasteiger partial charge is 0.497 e. The second-order valence-electron chi connectivity index (χ2n) is 7.60. The molecule has 0 amide bonds. The predicted octanol–water partition coefficient (Wildman–Crippen LogP) is 4.01. The number of hydrogen-bond acceptors (Lipinski definition) is 5. The molecule has 4 aromatic rings. The summed E-state index contributed by atoms with van der Waals surface area (Å²) in [4.78, 5) is 22.5. The maximum Gasteiger partial charge on any atom is 0.262 e. The van der Waals surface area contributed by atoms with Crippen molar-refractivity contribution in [2.75, 3.05) is 7.11 Å². The third-order valence-corrected chi connectivity index (χ3v) is 5.86. The summed E-state index contributed by atoms with van der Waals surface area (Å²) in [7, 11) is 1.63. The minimum Gasteiger partial charge on any atom is -0.497 e. The molecule has 1 aliphatic carbocycles. The molecule has 5 rings (SSSR count). The Balaban J connectivity index is 1.81. The summed E-state index contributed by atoms with van der Waals surface area (Å²) in [6, 6.07) is 9.84. The van der Waals surface area contributed by atoms with Gasteiger partial charge in [-0.25, -0.2) is 4.98 Å². The van der Waals surface area contributed by atoms with Gasteiger partial charge in [0.05, 0.1) is 23.7 Å². The Morgan fingerprint density at radius 2 is 1.93 bits per heavy atom. The number of hydrogen-bond donors (Lipinski definition) is 0. The predicted molar refractivity (Wildman–Crippen MR) is 111 cm³/mol. The van der Waals surface area contributed by atoms with Crippen LogP contribution in [0.1, 0.15) is 44.6 Å². The highest BCUT2D eigenvalue weighted by molar-refractivity contribution is 5.93. The van der Waals surface area contributed by atoms with Gasteiger partial charge in [0, 0.05) is 17.8 Å². The van der Waals surface area contributed by atoms with Crippen LogP contribution in [0.4, 0.5) is 0 Å². The maximum atomic E-state index is 13.7. The van der Waals surface area contributed by atoms with Crippen LogP contribution in [0.5, 0.6) is 5.75 Å². The molecule has 1 aliphatic rings. The van der Waals surface area contributed by atoms with Gasteiger partial charge in [0.1, 0.15) is 12.1 Å². The molecule has 0 bridgehead atoms. The van der Waals surface area contributed by atoms with Crippen LogP contribution in [-0.4, -0.2) is 31.3 Å². The number of rotatable bonds is 3. The van der Waals surface area contributed by atoms with E-state index < -0.39 is 0 Å². The molecule has 1 aromatic carbocycles. The smallest absolute Gasteiger partial charge is 0.262 e. The molecule has 0 radical (unpaired) electrons. The fraction of sp³-hybridized carbons (Fsp3) is 0.364. The molecule has 3 heterocycles. The first-order valence-electron chi connectivity index (χ1n) is 10.2. The van der Waals surface area contributed by atoms with Crippen LogP contribution in [0.3, 0.4) is 0 Å². The summed E-state index contributed by atoms with van der Waals surface area (Å²) in [6.45, 7) is 0. The van der Waals surface area contributed by atoms with Crippen molar-refractivity contribution in [1.29, 1.82) is 0 Å². The van der Waals surface area contributed by atoms with E-state index in [2.05, 4.69) is 15.1 Å². The highest BCUT2D eigenvalue weighted by Gasteiger charge is 2.21. The Hall–Kier alpha value is -3.22. The molecule has 0 spiro atoms. The van der Waals surface area contributed by atoms with Gasteiger partial charge < -0.3 is 9.30 Å². The fourth-order valence-corrected chi connectivity index (χ4v) is 4.40. The second-order valence-corrected chi connectivity index (χ2v) is 7.60. The van der Waals surface area contributed by atoms with E-state index in [9.17, 15) is 4.79 Å². The average Bonchev–Trinajstić information content (AvgIpc) is 3.05. The van der Waals surface area contributed by atoms with Crippen LogP contribution in [0.25, 0.3) is 27.9 Å². The van der Waals surface area contributed by atoms with Crippen molar-refractivity contribution >= 4 is 16.7 Å². The van der Waals surface area contributed by atoms with E-state index in [1.807, 2.05) is 41.1 Å². The van der Waals surface area contributed by atoms with Crippen LogP contribution in [-0.2, 0) is 0 Å². The average molecular weight is 389 g/mol. The summed E-state index contributed by atoms with van der Waals surface area (Å²) in [5.74, 6) is 1.20. The van der Waals surface area contributed by atoms with Crippen LogP contribution in [0.15, 0.2) is 47.7 Å². The van der Waals surface area contributed by atoms with Gasteiger partial charge in [-0.2, -0.15) is 14.6 Å². The fourth-order valence-electron chi connectivity index (χ4n) is 4.40. The Bertz CT molecular complexity index is 1240. The zero-order valence-electron chi connectivity index (χ0n) is 16.4. The summed E-state index contributed by atoms with van der Waals surface area (Å²) < 4.78 is 8.95. The molecule has 1 fully saturated rings. The van der Waals surface area contributed by atoms with Crippen LogP contribution in [0, 0.1) is 0 Å². The first-order valence-corrected chi connectivity index (χ1v) is 10.2. The molecule has 0 N–H and O–H groups in total. The van der Waals surface area contributed by atoms with Crippen LogP contribution >= 0.6 is 0 Å². The molecule has 0 atom stereocenters. The molecule has 7 nitrogen and oxygen atoms in total. The van der Waals surface area contributed by atoms with Gasteiger partial charge in [0.25, 0.3) is 11.3 Å². The van der Waals surface area contributed by atoms with Gasteiger partial charge in [-0.1, -0.05) is 37.8 Å². The summed E-state index contributed by atoms with van der Waals surface area (Å²) >= 11 is 0. The van der Waals surface area contributed by atoms with E-state index in [0.29, 0.717) is 22.4 Å². The number of fused-ring (bicyclic) bond motifs is 2. The SMILES string of the molecule is COc1cccc(-c2c3c(=O)n(C4CCCCCC4)ccc3nc3ncnn23)c1. The lowest BCUT2D eigenvalue weighted by molar-refractivity contribution is 0.415. The van der Waals surface area contributed by atoms with Crippen molar-refractivity contribution in [3.05, 3.63) is 53.2 Å². The number of nitrogens with zero attached hydrogens (tertiary/aromatic N) is 5. The number of pyridine rings is 1. The van der Waals surface area contributed by atoms with Gasteiger partial charge in [-0.05, 0) is 31.0 Å². The van der Waals surface area contributed by atoms with Crippen molar-refractivity contribution in [3.63, 3.8) is 0 Å². The lowest BCUT2D eigenvalue weighted by atomic mass is 10.1. The first-order chi connectivity index (χ1) is 14.3. The van der Waals surface area contributed by atoms with Crippen LogP contribution in [0.2, 0.25) is 0 Å². The number of methoxy groups -OCH3 is 1. The van der Waals surface area contributed by atoms with Gasteiger partial charge in [0.2, 0.25) is 0 Å². The Kier molecular flexibility index (Phi) is 4.50. The Labute approximate surface area is 168 Å². The lowest BCUT2D eigenvalue weighted by Crippen LogP contribution is -2.25. The van der Waals surface area contributed by atoms with E-state index in [1.54, 1.807) is 11.6 Å². The molecule has 148 valence electrons. The number of benzene rings is 1. The van der Waals surface area contributed by atoms with E-state index in [0.717, 1.165) is 37.0 Å². The molecule has 3 aromatic heterocycles. The minimum atomic E-state index is -0.0166. The second kappa shape index (κ2) is 7.31. The monoisotopic (exact) mass is 389 g/mol. The zero-order valence-corrected chi connectivity index (χ0v) is 16.4. The summed E-state index contributed by atoms with van der Waals surface area (Å²) in [5.41, 5.74) is 2.17. The van der Waals surface area contributed by atoms with Crippen molar-refractivity contribution in [2.45, 2.75) is 44.6 Å². The summed E-state index contributed by atoms with van der Waals surface area (Å²) in [6.07, 6.45) is 10.3. The number of aromatic nitrogens is 5. The van der Waals surface area contributed by atoms with Crippen molar-refractivity contribution in [2.24, 2.45) is 0 Å². The maximum absolute atomic E-state index is 13.7. The standard InChI is InChI=1S/C22H23N5O2/c1-29-17-10-6-7-15(13-17)20-19-18(25-22-23-14-24-27(20)22)11-12-26(21(19)28)16-8-4-2-3-5-9-16/h6-7,10-14,16H,2-5,8-9H2,1H3. The third-order valence-electron chi connectivity index (χ3n) is 5.86. The van der Waals surface area contributed by atoms with Crippen LogP contribution < -0.4 is 10.3 Å².